The molecule has 0 bridgehead atoms. The summed E-state index contributed by atoms with van der Waals surface area (Å²) in [5.74, 6) is 0.353. The molecule has 0 radical (unpaired) electrons. The summed E-state index contributed by atoms with van der Waals surface area (Å²) in [7, 11) is -5.23. The van der Waals surface area contributed by atoms with Crippen LogP contribution in [0.3, 0.4) is 0 Å². The monoisotopic (exact) mass is 493 g/mol. The Morgan fingerprint density at radius 3 is 2.55 bits per heavy atom. The van der Waals surface area contributed by atoms with Gasteiger partial charge in [0.25, 0.3) is 0 Å². The highest BCUT2D eigenvalue weighted by Crippen LogP contribution is 2.32. The molecule has 0 spiro atoms. The lowest BCUT2D eigenvalue weighted by Crippen LogP contribution is -2.53. The van der Waals surface area contributed by atoms with E-state index in [1.165, 1.54) is 16.5 Å². The molecule has 178 valence electrons. The standard InChI is InChI=1S/C21H27N5O5S2/c1-25(18-12-17(13-18)24-32(28,29)11-5-10-27)20-19-8-9-26(21(19)23-15-22-20)33(30,31)14-16-6-3-2-4-7-16/h2-4,6-9,15,17-18,24,27H,5,10-14H2,1H3. The lowest BCUT2D eigenvalue weighted by molar-refractivity contribution is 0.293. The van der Waals surface area contributed by atoms with E-state index in [0.29, 0.717) is 35.3 Å². The summed E-state index contributed by atoms with van der Waals surface area (Å²) in [5, 5.41) is 9.45. The Labute approximate surface area is 193 Å². The Balaban J connectivity index is 1.49. The number of fused-ring (bicyclic) bond motifs is 1. The Bertz CT molecular complexity index is 1320. The van der Waals surface area contributed by atoms with Gasteiger partial charge in [-0.2, -0.15) is 0 Å². The highest BCUT2D eigenvalue weighted by molar-refractivity contribution is 7.89. The predicted octanol–water partition coefficient (Wildman–Crippen LogP) is 1.08. The van der Waals surface area contributed by atoms with Gasteiger partial charge in [-0.15, -0.1) is 0 Å². The SMILES string of the molecule is CN(c1ncnc2c1ccn2S(=O)(=O)Cc1ccccc1)C1CC(NS(=O)(=O)CCCO)C1. The number of aliphatic hydroxyl groups is 1. The quantitative estimate of drug-likeness (QED) is 0.428. The van der Waals surface area contributed by atoms with Gasteiger partial charge in [0.2, 0.25) is 20.0 Å². The number of rotatable bonds is 10. The van der Waals surface area contributed by atoms with Gasteiger partial charge in [0, 0.05) is 31.9 Å². The minimum absolute atomic E-state index is 0.0536. The molecule has 2 heterocycles. The molecule has 1 aromatic carbocycles. The molecule has 2 aromatic heterocycles. The molecular formula is C21H27N5O5S2. The van der Waals surface area contributed by atoms with E-state index in [1.807, 2.05) is 18.0 Å². The van der Waals surface area contributed by atoms with Crippen LogP contribution in [0.1, 0.15) is 24.8 Å². The molecule has 2 N–H and O–H groups in total. The first-order chi connectivity index (χ1) is 15.7. The van der Waals surface area contributed by atoms with Gasteiger partial charge >= 0.3 is 0 Å². The average molecular weight is 494 g/mol. The van der Waals surface area contributed by atoms with E-state index in [-0.39, 0.29) is 36.6 Å². The van der Waals surface area contributed by atoms with Gasteiger partial charge in [0.15, 0.2) is 5.65 Å². The van der Waals surface area contributed by atoms with E-state index in [1.54, 1.807) is 30.3 Å². The van der Waals surface area contributed by atoms with Crippen molar-refractivity contribution < 1.29 is 21.9 Å². The van der Waals surface area contributed by atoms with Gasteiger partial charge in [-0.25, -0.2) is 35.5 Å². The molecule has 0 unspecified atom stereocenters. The highest BCUT2D eigenvalue weighted by atomic mass is 32.2. The number of aromatic nitrogens is 3. The molecule has 33 heavy (non-hydrogen) atoms. The lowest BCUT2D eigenvalue weighted by atomic mass is 9.86. The molecule has 0 aliphatic heterocycles. The zero-order valence-corrected chi connectivity index (χ0v) is 19.8. The van der Waals surface area contributed by atoms with Crippen LogP contribution in [0.4, 0.5) is 5.82 Å². The zero-order valence-electron chi connectivity index (χ0n) is 18.2. The number of nitrogens with one attached hydrogen (secondary N) is 1. The van der Waals surface area contributed by atoms with Crippen molar-refractivity contribution in [1.29, 1.82) is 0 Å². The van der Waals surface area contributed by atoms with Gasteiger partial charge in [0.05, 0.1) is 16.9 Å². The van der Waals surface area contributed by atoms with Gasteiger partial charge in [-0.3, -0.25) is 0 Å². The minimum Gasteiger partial charge on any atom is -0.396 e. The van der Waals surface area contributed by atoms with Crippen molar-refractivity contribution in [2.45, 2.75) is 37.1 Å². The van der Waals surface area contributed by atoms with Crippen molar-refractivity contribution in [2.24, 2.45) is 0 Å². The van der Waals surface area contributed by atoms with E-state index in [4.69, 9.17) is 5.11 Å². The summed E-state index contributed by atoms with van der Waals surface area (Å²) < 4.78 is 53.9. The minimum atomic E-state index is -3.67. The fraction of sp³-hybridized carbons (Fsp3) is 0.429. The maximum Gasteiger partial charge on any atom is 0.244 e. The molecule has 0 amide bonds. The summed E-state index contributed by atoms with van der Waals surface area (Å²) in [6.07, 6.45) is 4.25. The number of anilines is 1. The van der Waals surface area contributed by atoms with E-state index < -0.39 is 20.0 Å². The maximum absolute atomic E-state index is 13.0. The third-order valence-electron chi connectivity index (χ3n) is 5.83. The van der Waals surface area contributed by atoms with Crippen molar-refractivity contribution in [3.63, 3.8) is 0 Å². The first-order valence-electron chi connectivity index (χ1n) is 10.6. The topological polar surface area (TPSA) is 134 Å². The summed E-state index contributed by atoms with van der Waals surface area (Å²) in [6.45, 7) is -0.165. The van der Waals surface area contributed by atoms with Crippen LogP contribution in [0.25, 0.3) is 11.0 Å². The van der Waals surface area contributed by atoms with Crippen LogP contribution in [-0.4, -0.2) is 67.4 Å². The van der Waals surface area contributed by atoms with Gasteiger partial charge in [-0.05, 0) is 30.9 Å². The molecule has 1 aliphatic carbocycles. The van der Waals surface area contributed by atoms with Gasteiger partial charge < -0.3 is 10.0 Å². The Morgan fingerprint density at radius 1 is 1.12 bits per heavy atom. The van der Waals surface area contributed by atoms with Crippen molar-refractivity contribution in [3.05, 3.63) is 54.5 Å². The van der Waals surface area contributed by atoms with E-state index in [9.17, 15) is 16.8 Å². The van der Waals surface area contributed by atoms with E-state index >= 15 is 0 Å². The number of hydrogen-bond acceptors (Lipinski definition) is 8. The van der Waals surface area contributed by atoms with Crippen LogP contribution in [0.5, 0.6) is 0 Å². The van der Waals surface area contributed by atoms with Crippen LogP contribution >= 0.6 is 0 Å². The van der Waals surface area contributed by atoms with Crippen molar-refractivity contribution >= 4 is 36.9 Å². The average Bonchev–Trinajstić information content (AvgIpc) is 3.20. The first kappa shape index (κ1) is 23.6. The summed E-state index contributed by atoms with van der Waals surface area (Å²) >= 11 is 0. The van der Waals surface area contributed by atoms with Crippen LogP contribution in [0.15, 0.2) is 48.9 Å². The number of aliphatic hydroxyl groups excluding tert-OH is 1. The summed E-state index contributed by atoms with van der Waals surface area (Å²) in [5.41, 5.74) is 0.996. The molecule has 0 saturated heterocycles. The van der Waals surface area contributed by atoms with Crippen LogP contribution in [-0.2, 0) is 25.8 Å². The second kappa shape index (κ2) is 9.37. The number of benzene rings is 1. The fourth-order valence-corrected chi connectivity index (χ4v) is 6.75. The Hall–Kier alpha value is -2.54. The Morgan fingerprint density at radius 2 is 1.85 bits per heavy atom. The van der Waals surface area contributed by atoms with Crippen LogP contribution in [0, 0.1) is 0 Å². The fourth-order valence-electron chi connectivity index (χ4n) is 4.02. The largest absolute Gasteiger partial charge is 0.396 e. The molecule has 12 heteroatoms. The lowest BCUT2D eigenvalue weighted by Gasteiger charge is -2.41. The third kappa shape index (κ3) is 5.18. The predicted molar refractivity (Wildman–Crippen MR) is 126 cm³/mol. The molecule has 10 nitrogen and oxygen atoms in total. The number of sulfonamides is 1. The molecule has 3 aromatic rings. The van der Waals surface area contributed by atoms with Crippen LogP contribution in [0.2, 0.25) is 0 Å². The second-order valence-electron chi connectivity index (χ2n) is 8.23. The van der Waals surface area contributed by atoms with Crippen molar-refractivity contribution in [1.82, 2.24) is 18.7 Å². The maximum atomic E-state index is 13.0. The van der Waals surface area contributed by atoms with E-state index in [2.05, 4.69) is 14.7 Å². The Kier molecular flexibility index (Phi) is 6.71. The number of nitrogens with zero attached hydrogens (tertiary/aromatic N) is 4. The summed E-state index contributed by atoms with van der Waals surface area (Å²) in [6, 6.07) is 10.5. The summed E-state index contributed by atoms with van der Waals surface area (Å²) in [4.78, 5) is 10.5. The molecular weight excluding hydrogens is 466 g/mol. The normalized spacial score (nSPS) is 18.8. The van der Waals surface area contributed by atoms with Crippen molar-refractivity contribution in [3.8, 4) is 0 Å². The van der Waals surface area contributed by atoms with Gasteiger partial charge in [-0.1, -0.05) is 30.3 Å². The number of hydrogen-bond donors (Lipinski definition) is 2. The molecule has 1 fully saturated rings. The molecule has 1 aliphatic rings. The molecule has 1 saturated carbocycles. The second-order valence-corrected chi connectivity index (χ2v) is 12.0. The third-order valence-corrected chi connectivity index (χ3v) is 8.94. The first-order valence-corrected chi connectivity index (χ1v) is 13.9. The van der Waals surface area contributed by atoms with E-state index in [0.717, 1.165) is 0 Å². The van der Waals surface area contributed by atoms with Crippen LogP contribution < -0.4 is 9.62 Å². The molecule has 4 rings (SSSR count). The molecule has 0 atom stereocenters. The smallest absolute Gasteiger partial charge is 0.244 e. The zero-order chi connectivity index (χ0) is 23.6. The van der Waals surface area contributed by atoms with Gasteiger partial charge in [0.1, 0.15) is 12.1 Å². The van der Waals surface area contributed by atoms with Crippen molar-refractivity contribution in [2.75, 3.05) is 24.3 Å². The highest BCUT2D eigenvalue weighted by Gasteiger charge is 2.35.